The molecule has 1 aromatic rings. The largest absolute Gasteiger partial charge is 0.467 e. The Kier molecular flexibility index (Phi) is 5.44. The summed E-state index contributed by atoms with van der Waals surface area (Å²) in [4.78, 5) is 8.01. The molecule has 5 nitrogen and oxygen atoms in total. The van der Waals surface area contributed by atoms with Crippen LogP contribution in [-0.4, -0.2) is 29.7 Å². The van der Waals surface area contributed by atoms with Gasteiger partial charge in [0.05, 0.1) is 13.3 Å². The molecule has 0 radical (unpaired) electrons. The molecule has 96 valence electrons. The lowest BCUT2D eigenvalue weighted by molar-refractivity contribution is 0.380. The Hall–Kier alpha value is -1.07. The SMILES string of the molecule is COc1ncc(Cl)c(NCC(N)CC(C)C)n1. The van der Waals surface area contributed by atoms with Gasteiger partial charge in [-0.05, 0) is 12.3 Å². The highest BCUT2D eigenvalue weighted by molar-refractivity contribution is 6.32. The van der Waals surface area contributed by atoms with E-state index in [9.17, 15) is 0 Å². The minimum Gasteiger partial charge on any atom is -0.467 e. The molecule has 1 heterocycles. The molecule has 0 bridgehead atoms. The molecule has 1 unspecified atom stereocenters. The number of methoxy groups -OCH3 is 1. The lowest BCUT2D eigenvalue weighted by Crippen LogP contribution is -2.30. The van der Waals surface area contributed by atoms with Gasteiger partial charge in [-0.15, -0.1) is 0 Å². The number of hydrogen-bond acceptors (Lipinski definition) is 5. The molecule has 0 aromatic carbocycles. The zero-order chi connectivity index (χ0) is 12.8. The van der Waals surface area contributed by atoms with Crippen LogP contribution in [0.5, 0.6) is 6.01 Å². The summed E-state index contributed by atoms with van der Waals surface area (Å²) in [5.74, 6) is 1.12. The number of nitrogens with zero attached hydrogens (tertiary/aromatic N) is 2. The molecule has 1 aromatic heterocycles. The number of rotatable bonds is 6. The first-order valence-electron chi connectivity index (χ1n) is 5.59. The topological polar surface area (TPSA) is 73.1 Å². The zero-order valence-corrected chi connectivity index (χ0v) is 11.2. The van der Waals surface area contributed by atoms with Crippen molar-refractivity contribution in [2.24, 2.45) is 11.7 Å². The van der Waals surface area contributed by atoms with Crippen molar-refractivity contribution in [1.82, 2.24) is 9.97 Å². The van der Waals surface area contributed by atoms with Crippen LogP contribution in [0.2, 0.25) is 5.02 Å². The fourth-order valence-corrected chi connectivity index (χ4v) is 1.65. The quantitative estimate of drug-likeness (QED) is 0.816. The second-order valence-corrected chi connectivity index (χ2v) is 4.73. The lowest BCUT2D eigenvalue weighted by atomic mass is 10.0. The fourth-order valence-electron chi connectivity index (χ4n) is 1.49. The van der Waals surface area contributed by atoms with Gasteiger partial charge in [0.1, 0.15) is 5.02 Å². The Morgan fingerprint density at radius 1 is 1.53 bits per heavy atom. The maximum atomic E-state index is 5.96. The van der Waals surface area contributed by atoms with E-state index in [-0.39, 0.29) is 12.1 Å². The molecule has 0 fully saturated rings. The smallest absolute Gasteiger partial charge is 0.318 e. The van der Waals surface area contributed by atoms with Crippen molar-refractivity contribution in [2.45, 2.75) is 26.3 Å². The van der Waals surface area contributed by atoms with Crippen molar-refractivity contribution in [3.05, 3.63) is 11.2 Å². The molecule has 0 aliphatic rings. The Bertz CT molecular complexity index is 359. The second kappa shape index (κ2) is 6.61. The lowest BCUT2D eigenvalue weighted by Gasteiger charge is -2.15. The van der Waals surface area contributed by atoms with E-state index in [2.05, 4.69) is 29.1 Å². The highest BCUT2D eigenvalue weighted by Gasteiger charge is 2.09. The number of anilines is 1. The van der Waals surface area contributed by atoms with Crippen molar-refractivity contribution in [1.29, 1.82) is 0 Å². The van der Waals surface area contributed by atoms with Gasteiger partial charge in [-0.1, -0.05) is 25.4 Å². The minimum atomic E-state index is 0.0760. The number of halogens is 1. The first kappa shape index (κ1) is 14.0. The fraction of sp³-hybridized carbons (Fsp3) is 0.636. The Morgan fingerprint density at radius 2 is 2.24 bits per heavy atom. The first-order valence-corrected chi connectivity index (χ1v) is 5.96. The van der Waals surface area contributed by atoms with E-state index >= 15 is 0 Å². The first-order chi connectivity index (χ1) is 8.02. The summed E-state index contributed by atoms with van der Waals surface area (Å²) in [5.41, 5.74) is 5.96. The van der Waals surface area contributed by atoms with Crippen molar-refractivity contribution >= 4 is 17.4 Å². The maximum absolute atomic E-state index is 5.96. The summed E-state index contributed by atoms with van der Waals surface area (Å²) in [6.45, 7) is 4.90. The summed E-state index contributed by atoms with van der Waals surface area (Å²) >= 11 is 5.96. The summed E-state index contributed by atoms with van der Waals surface area (Å²) < 4.78 is 4.93. The van der Waals surface area contributed by atoms with Crippen LogP contribution in [0, 0.1) is 5.92 Å². The van der Waals surface area contributed by atoms with Crippen molar-refractivity contribution in [3.63, 3.8) is 0 Å². The molecule has 0 saturated carbocycles. The molecule has 1 atom stereocenters. The summed E-state index contributed by atoms with van der Waals surface area (Å²) in [6, 6.07) is 0.362. The molecular formula is C11H19ClN4O. The summed E-state index contributed by atoms with van der Waals surface area (Å²) in [5, 5.41) is 3.57. The number of nitrogens with two attached hydrogens (primary N) is 1. The van der Waals surface area contributed by atoms with E-state index in [1.54, 1.807) is 0 Å². The molecule has 1 rings (SSSR count). The second-order valence-electron chi connectivity index (χ2n) is 4.32. The zero-order valence-electron chi connectivity index (χ0n) is 10.4. The van der Waals surface area contributed by atoms with Gasteiger partial charge in [-0.2, -0.15) is 4.98 Å². The average molecular weight is 259 g/mol. The van der Waals surface area contributed by atoms with Gasteiger partial charge in [-0.3, -0.25) is 0 Å². The van der Waals surface area contributed by atoms with Gasteiger partial charge in [0.15, 0.2) is 5.82 Å². The van der Waals surface area contributed by atoms with E-state index in [0.29, 0.717) is 23.3 Å². The summed E-state index contributed by atoms with van der Waals surface area (Å²) in [6.07, 6.45) is 2.45. The van der Waals surface area contributed by atoms with Gasteiger partial charge in [0.2, 0.25) is 0 Å². The minimum absolute atomic E-state index is 0.0760. The normalized spacial score (nSPS) is 12.6. The number of aromatic nitrogens is 2. The van der Waals surface area contributed by atoms with Crippen LogP contribution in [0.3, 0.4) is 0 Å². The van der Waals surface area contributed by atoms with E-state index in [0.717, 1.165) is 6.42 Å². The van der Waals surface area contributed by atoms with Crippen molar-refractivity contribution in [2.75, 3.05) is 19.0 Å². The monoisotopic (exact) mass is 258 g/mol. The maximum Gasteiger partial charge on any atom is 0.318 e. The van der Waals surface area contributed by atoms with E-state index < -0.39 is 0 Å². The van der Waals surface area contributed by atoms with Gasteiger partial charge >= 0.3 is 6.01 Å². The highest BCUT2D eigenvalue weighted by Crippen LogP contribution is 2.20. The predicted molar refractivity (Wildman–Crippen MR) is 69.5 cm³/mol. The molecule has 0 aliphatic heterocycles. The van der Waals surface area contributed by atoms with Crippen molar-refractivity contribution in [3.8, 4) is 6.01 Å². The molecule has 0 saturated heterocycles. The molecular weight excluding hydrogens is 240 g/mol. The third-order valence-corrected chi connectivity index (χ3v) is 2.49. The predicted octanol–water partition coefficient (Wildman–Crippen LogP) is 1.92. The summed E-state index contributed by atoms with van der Waals surface area (Å²) in [7, 11) is 1.51. The van der Waals surface area contributed by atoms with Crippen molar-refractivity contribution < 1.29 is 4.74 Å². The van der Waals surface area contributed by atoms with Crippen LogP contribution >= 0.6 is 11.6 Å². The van der Waals surface area contributed by atoms with Gasteiger partial charge in [-0.25, -0.2) is 4.98 Å². The average Bonchev–Trinajstić information content (AvgIpc) is 2.27. The molecule has 3 N–H and O–H groups in total. The third-order valence-electron chi connectivity index (χ3n) is 2.21. The van der Waals surface area contributed by atoms with Gasteiger partial charge < -0.3 is 15.8 Å². The standard InChI is InChI=1S/C11H19ClN4O/c1-7(2)4-8(13)5-14-10-9(12)6-15-11(16-10)17-3/h6-8H,4-5,13H2,1-3H3,(H,14,15,16). The molecule has 0 aliphatic carbocycles. The third kappa shape index (κ3) is 4.75. The van der Waals surface area contributed by atoms with Gasteiger partial charge in [0.25, 0.3) is 0 Å². The molecule has 6 heteroatoms. The van der Waals surface area contributed by atoms with Crippen LogP contribution in [0.4, 0.5) is 5.82 Å². The number of nitrogens with one attached hydrogen (secondary N) is 1. The molecule has 0 amide bonds. The van der Waals surface area contributed by atoms with Gasteiger partial charge in [0, 0.05) is 12.6 Å². The van der Waals surface area contributed by atoms with E-state index in [1.165, 1.54) is 13.3 Å². The number of hydrogen-bond donors (Lipinski definition) is 2. The molecule has 0 spiro atoms. The van der Waals surface area contributed by atoms with Crippen LogP contribution in [0.15, 0.2) is 6.20 Å². The van der Waals surface area contributed by atoms with E-state index in [1.807, 2.05) is 0 Å². The van der Waals surface area contributed by atoms with Crippen LogP contribution in [0.25, 0.3) is 0 Å². The van der Waals surface area contributed by atoms with Crippen LogP contribution in [-0.2, 0) is 0 Å². The number of ether oxygens (including phenoxy) is 1. The highest BCUT2D eigenvalue weighted by atomic mass is 35.5. The molecule has 17 heavy (non-hydrogen) atoms. The Balaban J connectivity index is 2.56. The van der Waals surface area contributed by atoms with Crippen LogP contribution < -0.4 is 15.8 Å². The van der Waals surface area contributed by atoms with E-state index in [4.69, 9.17) is 22.1 Å². The van der Waals surface area contributed by atoms with Crippen LogP contribution in [0.1, 0.15) is 20.3 Å². The Labute approximate surface area is 107 Å². The Morgan fingerprint density at radius 3 is 2.82 bits per heavy atom.